The third-order valence-electron chi connectivity index (χ3n) is 1.82. The Morgan fingerprint density at radius 1 is 1.36 bits per heavy atom. The van der Waals surface area contributed by atoms with E-state index in [9.17, 15) is 4.39 Å². The summed E-state index contributed by atoms with van der Waals surface area (Å²) in [7, 11) is 0. The lowest BCUT2D eigenvalue weighted by Gasteiger charge is -2.03. The van der Waals surface area contributed by atoms with E-state index in [0.717, 1.165) is 0 Å². The van der Waals surface area contributed by atoms with Crippen LogP contribution in [0.15, 0.2) is 30.5 Å². The molecule has 72 valence electrons. The molecule has 0 radical (unpaired) electrons. The number of nitrogens with two attached hydrogens (primary N) is 1. The minimum Gasteiger partial charge on any atom is -0.395 e. The van der Waals surface area contributed by atoms with E-state index in [0.29, 0.717) is 5.69 Å². The lowest BCUT2D eigenvalue weighted by Crippen LogP contribution is -1.99. The lowest BCUT2D eigenvalue weighted by molar-refractivity contribution is 0.611. The van der Waals surface area contributed by atoms with Crippen LogP contribution in [-0.2, 0) is 0 Å². The molecule has 0 aliphatic heterocycles. The van der Waals surface area contributed by atoms with Crippen LogP contribution in [0.1, 0.15) is 0 Å². The van der Waals surface area contributed by atoms with Gasteiger partial charge in [0, 0.05) is 0 Å². The first-order valence-electron chi connectivity index (χ1n) is 3.94. The van der Waals surface area contributed by atoms with E-state index in [1.807, 2.05) is 0 Å². The maximum absolute atomic E-state index is 13.3. The summed E-state index contributed by atoms with van der Waals surface area (Å²) >= 11 is 5.82. The molecule has 1 aromatic carbocycles. The largest absolute Gasteiger partial charge is 0.395 e. The summed E-state index contributed by atoms with van der Waals surface area (Å²) in [5, 5.41) is 4.08. The predicted octanol–water partition coefficient (Wildman–Crippen LogP) is 2.25. The van der Waals surface area contributed by atoms with Crippen LogP contribution in [-0.4, -0.2) is 9.78 Å². The molecular formula is C9H7ClFN3. The second kappa shape index (κ2) is 3.31. The number of hydrogen-bond donors (Lipinski definition) is 1. The number of anilines is 1. The van der Waals surface area contributed by atoms with Crippen molar-refractivity contribution in [3.05, 3.63) is 41.4 Å². The first-order chi connectivity index (χ1) is 6.70. The Morgan fingerprint density at radius 3 is 2.64 bits per heavy atom. The van der Waals surface area contributed by atoms with Gasteiger partial charge in [-0.2, -0.15) is 5.10 Å². The Morgan fingerprint density at radius 2 is 2.07 bits per heavy atom. The highest BCUT2D eigenvalue weighted by atomic mass is 35.5. The topological polar surface area (TPSA) is 43.8 Å². The molecule has 0 saturated heterocycles. The highest BCUT2D eigenvalue weighted by molar-refractivity contribution is 6.32. The van der Waals surface area contributed by atoms with Crippen molar-refractivity contribution in [2.45, 2.75) is 0 Å². The van der Waals surface area contributed by atoms with Gasteiger partial charge in [-0.3, -0.25) is 0 Å². The van der Waals surface area contributed by atoms with Crippen molar-refractivity contribution < 1.29 is 4.39 Å². The van der Waals surface area contributed by atoms with Crippen molar-refractivity contribution in [2.75, 3.05) is 5.73 Å². The monoisotopic (exact) mass is 211 g/mol. The van der Waals surface area contributed by atoms with Crippen molar-refractivity contribution >= 4 is 17.3 Å². The van der Waals surface area contributed by atoms with Crippen LogP contribution >= 0.6 is 11.6 Å². The zero-order valence-electron chi connectivity index (χ0n) is 7.11. The van der Waals surface area contributed by atoms with Crippen molar-refractivity contribution in [3.63, 3.8) is 0 Å². The van der Waals surface area contributed by atoms with Gasteiger partial charge in [-0.15, -0.1) is 0 Å². The van der Waals surface area contributed by atoms with Gasteiger partial charge in [0.2, 0.25) is 0 Å². The summed E-state index contributed by atoms with van der Waals surface area (Å²) < 4.78 is 14.6. The Balaban J connectivity index is 2.60. The molecule has 1 heterocycles. The second-order valence-electron chi connectivity index (χ2n) is 2.75. The zero-order valence-corrected chi connectivity index (χ0v) is 7.87. The molecule has 0 fully saturated rings. The minimum atomic E-state index is -0.391. The Labute approximate surface area is 84.9 Å². The van der Waals surface area contributed by atoms with E-state index < -0.39 is 5.82 Å². The van der Waals surface area contributed by atoms with Gasteiger partial charge in [0.1, 0.15) is 11.5 Å². The number of nitrogens with zero attached hydrogens (tertiary/aromatic N) is 2. The second-order valence-corrected chi connectivity index (χ2v) is 3.11. The quantitative estimate of drug-likeness (QED) is 0.786. The number of aromatic nitrogens is 2. The summed E-state index contributed by atoms with van der Waals surface area (Å²) in [6.07, 6.45) is 1.38. The Kier molecular flexibility index (Phi) is 2.13. The molecule has 2 N–H and O–H groups in total. The van der Waals surface area contributed by atoms with E-state index in [1.54, 1.807) is 18.2 Å². The van der Waals surface area contributed by atoms with Crippen LogP contribution in [0.4, 0.5) is 10.1 Å². The van der Waals surface area contributed by atoms with Gasteiger partial charge < -0.3 is 5.73 Å². The van der Waals surface area contributed by atoms with Gasteiger partial charge >= 0.3 is 0 Å². The molecule has 2 rings (SSSR count). The lowest BCUT2D eigenvalue weighted by atomic mass is 10.3. The summed E-state index contributed by atoms with van der Waals surface area (Å²) in [5.74, 6) is -0.391. The minimum absolute atomic E-state index is 0.218. The van der Waals surface area contributed by atoms with Crippen molar-refractivity contribution in [1.29, 1.82) is 0 Å². The molecule has 0 saturated carbocycles. The van der Waals surface area contributed by atoms with E-state index in [-0.39, 0.29) is 10.8 Å². The van der Waals surface area contributed by atoms with E-state index >= 15 is 0 Å². The Bertz CT molecular complexity index is 467. The molecule has 2 aromatic rings. The third-order valence-corrected chi connectivity index (χ3v) is 2.20. The smallest absolute Gasteiger partial charge is 0.155 e. The molecule has 3 nitrogen and oxygen atoms in total. The van der Waals surface area contributed by atoms with Crippen molar-refractivity contribution in [3.8, 4) is 5.69 Å². The summed E-state index contributed by atoms with van der Waals surface area (Å²) in [4.78, 5) is 0. The van der Waals surface area contributed by atoms with Crippen LogP contribution < -0.4 is 5.73 Å². The van der Waals surface area contributed by atoms with E-state index in [2.05, 4.69) is 5.10 Å². The fraction of sp³-hybridized carbons (Fsp3) is 0. The molecular weight excluding hydrogens is 205 g/mol. The molecule has 0 amide bonds. The fourth-order valence-corrected chi connectivity index (χ4v) is 1.32. The van der Waals surface area contributed by atoms with Crippen LogP contribution in [0.25, 0.3) is 5.69 Å². The number of hydrogen-bond acceptors (Lipinski definition) is 2. The molecule has 0 aliphatic carbocycles. The molecule has 0 bridgehead atoms. The van der Waals surface area contributed by atoms with Crippen LogP contribution in [0.5, 0.6) is 0 Å². The highest BCUT2D eigenvalue weighted by Gasteiger charge is 2.10. The predicted molar refractivity (Wildman–Crippen MR) is 52.9 cm³/mol. The summed E-state index contributed by atoms with van der Waals surface area (Å²) in [6.45, 7) is 0. The first-order valence-corrected chi connectivity index (χ1v) is 4.32. The molecule has 0 atom stereocenters. The van der Waals surface area contributed by atoms with Gasteiger partial charge in [-0.25, -0.2) is 9.07 Å². The molecule has 14 heavy (non-hydrogen) atoms. The number of para-hydroxylation sites is 1. The summed E-state index contributed by atoms with van der Waals surface area (Å²) in [6, 6.07) is 6.21. The Hall–Kier alpha value is -1.55. The van der Waals surface area contributed by atoms with Gasteiger partial charge in [0.15, 0.2) is 5.15 Å². The maximum atomic E-state index is 13.3. The van der Waals surface area contributed by atoms with Crippen LogP contribution in [0.3, 0.4) is 0 Å². The summed E-state index contributed by atoms with van der Waals surface area (Å²) in [5.41, 5.74) is 6.11. The van der Waals surface area contributed by atoms with Gasteiger partial charge in [-0.05, 0) is 12.1 Å². The third kappa shape index (κ3) is 1.33. The average Bonchev–Trinajstić information content (AvgIpc) is 2.49. The highest BCUT2D eigenvalue weighted by Crippen LogP contribution is 2.22. The number of benzene rings is 1. The van der Waals surface area contributed by atoms with Gasteiger partial charge in [0.05, 0.1) is 11.9 Å². The van der Waals surface area contributed by atoms with Crippen LogP contribution in [0.2, 0.25) is 5.15 Å². The maximum Gasteiger partial charge on any atom is 0.155 e. The molecule has 0 unspecified atom stereocenters. The van der Waals surface area contributed by atoms with E-state index in [1.165, 1.54) is 16.9 Å². The van der Waals surface area contributed by atoms with E-state index in [4.69, 9.17) is 17.3 Å². The van der Waals surface area contributed by atoms with Gasteiger partial charge in [-0.1, -0.05) is 23.7 Å². The molecule has 1 aromatic heterocycles. The number of halogens is 2. The molecule has 5 heteroatoms. The molecule has 0 spiro atoms. The number of rotatable bonds is 1. The first kappa shape index (κ1) is 9.02. The fourth-order valence-electron chi connectivity index (χ4n) is 1.14. The standard InChI is InChI=1S/C9H7ClFN3/c10-9-7(12)5-13-14(9)8-4-2-1-3-6(8)11/h1-5H,12H2. The normalized spacial score (nSPS) is 10.4. The number of nitrogen functional groups attached to an aromatic ring is 1. The van der Waals surface area contributed by atoms with Crippen LogP contribution in [0, 0.1) is 5.82 Å². The average molecular weight is 212 g/mol. The van der Waals surface area contributed by atoms with Gasteiger partial charge in [0.25, 0.3) is 0 Å². The molecule has 0 aliphatic rings. The van der Waals surface area contributed by atoms with Crippen molar-refractivity contribution in [2.24, 2.45) is 0 Å². The van der Waals surface area contributed by atoms with Crippen molar-refractivity contribution in [1.82, 2.24) is 9.78 Å². The SMILES string of the molecule is Nc1cnn(-c2ccccc2F)c1Cl. The zero-order chi connectivity index (χ0) is 10.1.